The smallest absolute Gasteiger partial charge is 0.341 e. The number of hydrogen-bond donors (Lipinski definition) is 1. The summed E-state index contributed by atoms with van der Waals surface area (Å²) in [6.07, 6.45) is 4.98. The number of hydrogen-bond acceptors (Lipinski definition) is 8. The largest absolute Gasteiger partial charge is 0.490 e. The summed E-state index contributed by atoms with van der Waals surface area (Å²) in [5.41, 5.74) is 2.69. The summed E-state index contributed by atoms with van der Waals surface area (Å²) in [7, 11) is 3.18. The molecule has 1 amide bonds. The Labute approximate surface area is 239 Å². The minimum Gasteiger partial charge on any atom is -0.490 e. The Bertz CT molecular complexity index is 1460. The van der Waals surface area contributed by atoms with Crippen molar-refractivity contribution in [2.45, 2.75) is 36.9 Å². The Kier molecular flexibility index (Phi) is 8.54. The molecule has 1 aliphatic carbocycles. The standard InChI is InChI=1S/C28H27ClN4O4S2/c1-33-25(18-9-13-21(14-10-18)37-20-5-3-4-6-20)31-32-28(33)39-16-23(34)30-26-24(27(35)36-2)22(15-38-26)17-7-11-19(29)12-8-17/h7-15,20H,3-6,16H2,1-2H3,(H,30,34). The van der Waals surface area contributed by atoms with Crippen molar-refractivity contribution in [1.29, 1.82) is 0 Å². The lowest BCUT2D eigenvalue weighted by atomic mass is 10.0. The number of esters is 1. The predicted molar refractivity (Wildman–Crippen MR) is 155 cm³/mol. The van der Waals surface area contributed by atoms with E-state index in [9.17, 15) is 9.59 Å². The van der Waals surface area contributed by atoms with Gasteiger partial charge in [-0.25, -0.2) is 4.79 Å². The quantitative estimate of drug-likeness (QED) is 0.173. The molecule has 1 fully saturated rings. The van der Waals surface area contributed by atoms with Gasteiger partial charge in [0.25, 0.3) is 0 Å². The zero-order chi connectivity index (χ0) is 27.4. The van der Waals surface area contributed by atoms with Crippen molar-refractivity contribution in [1.82, 2.24) is 14.8 Å². The molecule has 0 aliphatic heterocycles. The molecular formula is C28H27ClN4O4S2. The summed E-state index contributed by atoms with van der Waals surface area (Å²) in [4.78, 5) is 25.4. The van der Waals surface area contributed by atoms with Crippen LogP contribution in [0.4, 0.5) is 5.00 Å². The van der Waals surface area contributed by atoms with Crippen LogP contribution >= 0.6 is 34.7 Å². The first-order valence-corrected chi connectivity index (χ1v) is 14.7. The SMILES string of the molecule is COC(=O)c1c(-c2ccc(Cl)cc2)csc1NC(=O)CSc1nnc(-c2ccc(OC3CCCC3)cc2)n1C. The summed E-state index contributed by atoms with van der Waals surface area (Å²) in [6.45, 7) is 0. The van der Waals surface area contributed by atoms with Crippen molar-refractivity contribution in [3.05, 3.63) is 64.5 Å². The summed E-state index contributed by atoms with van der Waals surface area (Å²) < 4.78 is 12.9. The molecule has 1 N–H and O–H groups in total. The van der Waals surface area contributed by atoms with E-state index in [-0.39, 0.29) is 11.7 Å². The number of halogens is 1. The normalized spacial score (nSPS) is 13.4. The number of carbonyl (C=O) groups is 2. The van der Waals surface area contributed by atoms with E-state index in [1.165, 1.54) is 43.1 Å². The number of thiophene rings is 1. The molecule has 0 spiro atoms. The number of nitrogens with one attached hydrogen (secondary N) is 1. The molecule has 202 valence electrons. The molecule has 8 nitrogen and oxygen atoms in total. The van der Waals surface area contributed by atoms with Gasteiger partial charge in [-0.1, -0.05) is 35.5 Å². The predicted octanol–water partition coefficient (Wildman–Crippen LogP) is 6.70. The van der Waals surface area contributed by atoms with E-state index in [1.54, 1.807) is 12.1 Å². The molecule has 0 bridgehead atoms. The van der Waals surface area contributed by atoms with Crippen LogP contribution < -0.4 is 10.1 Å². The third kappa shape index (κ3) is 6.29. The van der Waals surface area contributed by atoms with Crippen LogP contribution in [0, 0.1) is 0 Å². The molecule has 5 rings (SSSR count). The molecular weight excluding hydrogens is 556 g/mol. The Morgan fingerprint density at radius 3 is 2.46 bits per heavy atom. The molecule has 11 heteroatoms. The second kappa shape index (κ2) is 12.2. The molecule has 4 aromatic rings. The van der Waals surface area contributed by atoms with Crippen LogP contribution in [0.5, 0.6) is 5.75 Å². The van der Waals surface area contributed by atoms with E-state index in [2.05, 4.69) is 15.5 Å². The maximum absolute atomic E-state index is 12.8. The zero-order valence-corrected chi connectivity index (χ0v) is 23.9. The topological polar surface area (TPSA) is 95.3 Å². The Morgan fingerprint density at radius 1 is 1.08 bits per heavy atom. The molecule has 0 saturated heterocycles. The van der Waals surface area contributed by atoms with Gasteiger partial charge in [-0.2, -0.15) is 0 Å². The van der Waals surface area contributed by atoms with Gasteiger partial charge in [0, 0.05) is 28.6 Å². The van der Waals surface area contributed by atoms with Crippen LogP contribution in [0.3, 0.4) is 0 Å². The van der Waals surface area contributed by atoms with Crippen LogP contribution in [-0.4, -0.2) is 45.6 Å². The second-order valence-electron chi connectivity index (χ2n) is 9.10. The van der Waals surface area contributed by atoms with E-state index < -0.39 is 5.97 Å². The van der Waals surface area contributed by atoms with Gasteiger partial charge in [0.15, 0.2) is 11.0 Å². The highest BCUT2D eigenvalue weighted by molar-refractivity contribution is 7.99. The monoisotopic (exact) mass is 582 g/mol. The van der Waals surface area contributed by atoms with E-state index in [0.29, 0.717) is 38.2 Å². The second-order valence-corrected chi connectivity index (χ2v) is 11.4. The molecule has 0 radical (unpaired) electrons. The highest BCUT2D eigenvalue weighted by Gasteiger charge is 2.23. The first-order valence-electron chi connectivity index (χ1n) is 12.5. The molecule has 1 aliphatic rings. The highest BCUT2D eigenvalue weighted by Crippen LogP contribution is 2.37. The third-order valence-electron chi connectivity index (χ3n) is 6.47. The first kappa shape index (κ1) is 27.2. The Hall–Kier alpha value is -3.34. The number of methoxy groups -OCH3 is 1. The van der Waals surface area contributed by atoms with Gasteiger partial charge in [0.2, 0.25) is 5.91 Å². The van der Waals surface area contributed by atoms with E-state index in [1.807, 2.05) is 53.4 Å². The minimum atomic E-state index is -0.526. The summed E-state index contributed by atoms with van der Waals surface area (Å²) in [6, 6.07) is 15.0. The van der Waals surface area contributed by atoms with E-state index >= 15 is 0 Å². The number of ether oxygens (including phenoxy) is 2. The summed E-state index contributed by atoms with van der Waals surface area (Å²) >= 11 is 8.54. The van der Waals surface area contributed by atoms with Gasteiger partial charge in [0.1, 0.15) is 16.3 Å². The van der Waals surface area contributed by atoms with Gasteiger partial charge in [-0.15, -0.1) is 21.5 Å². The van der Waals surface area contributed by atoms with Crippen molar-refractivity contribution >= 4 is 51.6 Å². The van der Waals surface area contributed by atoms with Crippen molar-refractivity contribution < 1.29 is 19.1 Å². The maximum atomic E-state index is 12.8. The molecule has 2 aromatic carbocycles. The maximum Gasteiger partial charge on any atom is 0.341 e. The van der Waals surface area contributed by atoms with Gasteiger partial charge < -0.3 is 19.4 Å². The highest BCUT2D eigenvalue weighted by atomic mass is 35.5. The molecule has 1 saturated carbocycles. The average molecular weight is 583 g/mol. The van der Waals surface area contributed by atoms with Crippen molar-refractivity contribution in [2.75, 3.05) is 18.2 Å². The van der Waals surface area contributed by atoms with E-state index in [0.717, 1.165) is 29.7 Å². The summed E-state index contributed by atoms with van der Waals surface area (Å²) in [5, 5.41) is 14.9. The van der Waals surface area contributed by atoms with Gasteiger partial charge in [-0.05, 0) is 67.6 Å². The zero-order valence-electron chi connectivity index (χ0n) is 21.5. The Morgan fingerprint density at radius 2 is 1.77 bits per heavy atom. The minimum absolute atomic E-state index is 0.0922. The number of anilines is 1. The van der Waals surface area contributed by atoms with Gasteiger partial charge in [-0.3, -0.25) is 4.79 Å². The van der Waals surface area contributed by atoms with Crippen LogP contribution in [0.25, 0.3) is 22.5 Å². The molecule has 2 heterocycles. The number of benzene rings is 2. The lowest BCUT2D eigenvalue weighted by Gasteiger charge is -2.13. The lowest BCUT2D eigenvalue weighted by molar-refractivity contribution is -0.113. The van der Waals surface area contributed by atoms with Crippen molar-refractivity contribution in [2.24, 2.45) is 7.05 Å². The third-order valence-corrected chi connectivity index (χ3v) is 8.64. The fraction of sp³-hybridized carbons (Fsp3) is 0.286. The van der Waals surface area contributed by atoms with Gasteiger partial charge in [0.05, 0.1) is 19.0 Å². The van der Waals surface area contributed by atoms with Crippen LogP contribution in [-0.2, 0) is 16.6 Å². The van der Waals surface area contributed by atoms with Crippen LogP contribution in [0.2, 0.25) is 5.02 Å². The number of thioether (sulfide) groups is 1. The van der Waals surface area contributed by atoms with E-state index in [4.69, 9.17) is 21.1 Å². The number of rotatable bonds is 9. The molecule has 0 atom stereocenters. The lowest BCUT2D eigenvalue weighted by Crippen LogP contribution is -2.16. The average Bonchev–Trinajstić information content (AvgIpc) is 3.69. The van der Waals surface area contributed by atoms with Gasteiger partial charge >= 0.3 is 5.97 Å². The first-order chi connectivity index (χ1) is 18.9. The number of carbonyl (C=O) groups excluding carboxylic acids is 2. The number of nitrogens with zero attached hydrogens (tertiary/aromatic N) is 3. The number of aromatic nitrogens is 3. The van der Waals surface area contributed by atoms with Crippen molar-refractivity contribution in [3.63, 3.8) is 0 Å². The van der Waals surface area contributed by atoms with Crippen molar-refractivity contribution in [3.8, 4) is 28.3 Å². The fourth-order valence-electron chi connectivity index (χ4n) is 4.46. The summed E-state index contributed by atoms with van der Waals surface area (Å²) in [5.74, 6) is 0.853. The fourth-order valence-corrected chi connectivity index (χ4v) is 6.27. The van der Waals surface area contributed by atoms with Crippen LogP contribution in [0.15, 0.2) is 59.1 Å². The number of amides is 1. The van der Waals surface area contributed by atoms with Crippen LogP contribution in [0.1, 0.15) is 36.0 Å². The molecule has 0 unspecified atom stereocenters. The molecule has 2 aromatic heterocycles. The Balaban J connectivity index is 1.23. The molecule has 39 heavy (non-hydrogen) atoms.